The van der Waals surface area contributed by atoms with Crippen LogP contribution >= 0.6 is 22.9 Å². The fourth-order valence-electron chi connectivity index (χ4n) is 1.82. The first-order chi connectivity index (χ1) is 9.72. The molecular weight excluding hydrogens is 296 g/mol. The molecule has 1 aromatic heterocycles. The standard InChI is InChI=1S/C14H17ClN2O2S/c1-19-7-6-17-13(18)9-16-8-12-14(15)10-4-2-3-5-11(10)20-12/h2-5,16H,6-9H2,1H3,(H,17,18). The minimum absolute atomic E-state index is 0.0423. The van der Waals surface area contributed by atoms with Crippen molar-refractivity contribution in [2.75, 3.05) is 26.8 Å². The number of carbonyl (C=O) groups excluding carboxylic acids is 1. The molecular formula is C14H17ClN2O2S. The highest BCUT2D eigenvalue weighted by Gasteiger charge is 2.09. The lowest BCUT2D eigenvalue weighted by molar-refractivity contribution is -0.120. The van der Waals surface area contributed by atoms with E-state index < -0.39 is 0 Å². The molecule has 20 heavy (non-hydrogen) atoms. The first kappa shape index (κ1) is 15.3. The average Bonchev–Trinajstić information content (AvgIpc) is 2.77. The van der Waals surface area contributed by atoms with E-state index in [1.165, 1.54) is 4.70 Å². The third-order valence-electron chi connectivity index (χ3n) is 2.80. The quantitative estimate of drug-likeness (QED) is 0.772. The van der Waals surface area contributed by atoms with Gasteiger partial charge in [0, 0.05) is 35.2 Å². The summed E-state index contributed by atoms with van der Waals surface area (Å²) in [4.78, 5) is 12.6. The van der Waals surface area contributed by atoms with Gasteiger partial charge in [0.2, 0.25) is 5.91 Å². The zero-order valence-corrected chi connectivity index (χ0v) is 12.8. The first-order valence-electron chi connectivity index (χ1n) is 6.34. The van der Waals surface area contributed by atoms with Crippen molar-refractivity contribution in [3.05, 3.63) is 34.2 Å². The summed E-state index contributed by atoms with van der Waals surface area (Å²) in [7, 11) is 1.61. The molecule has 0 aliphatic rings. The van der Waals surface area contributed by atoms with Crippen molar-refractivity contribution in [1.82, 2.24) is 10.6 Å². The maximum absolute atomic E-state index is 11.5. The number of amides is 1. The molecule has 4 nitrogen and oxygen atoms in total. The van der Waals surface area contributed by atoms with Gasteiger partial charge in [-0.2, -0.15) is 0 Å². The summed E-state index contributed by atoms with van der Waals surface area (Å²) in [6, 6.07) is 8.03. The largest absolute Gasteiger partial charge is 0.383 e. The number of ether oxygens (including phenoxy) is 1. The van der Waals surface area contributed by atoms with Crippen LogP contribution in [-0.4, -0.2) is 32.7 Å². The molecule has 0 aliphatic carbocycles. The maximum Gasteiger partial charge on any atom is 0.234 e. The molecule has 0 saturated heterocycles. The number of rotatable bonds is 7. The number of nitrogens with one attached hydrogen (secondary N) is 2. The van der Waals surface area contributed by atoms with Crippen LogP contribution in [-0.2, 0) is 16.1 Å². The zero-order chi connectivity index (χ0) is 14.4. The molecule has 6 heteroatoms. The van der Waals surface area contributed by atoms with Gasteiger partial charge in [0.1, 0.15) is 0 Å². The van der Waals surface area contributed by atoms with Crippen LogP contribution in [0.15, 0.2) is 24.3 Å². The van der Waals surface area contributed by atoms with Gasteiger partial charge >= 0.3 is 0 Å². The van der Waals surface area contributed by atoms with E-state index in [0.29, 0.717) is 19.7 Å². The second kappa shape index (κ2) is 7.59. The molecule has 2 aromatic rings. The van der Waals surface area contributed by atoms with Crippen molar-refractivity contribution in [1.29, 1.82) is 0 Å². The predicted octanol–water partition coefficient (Wildman–Crippen LogP) is 2.41. The minimum atomic E-state index is -0.0423. The lowest BCUT2D eigenvalue weighted by Gasteiger charge is -2.05. The van der Waals surface area contributed by atoms with Gasteiger partial charge in [0.05, 0.1) is 18.2 Å². The third kappa shape index (κ3) is 3.93. The van der Waals surface area contributed by atoms with E-state index in [9.17, 15) is 4.79 Å². The zero-order valence-electron chi connectivity index (χ0n) is 11.2. The van der Waals surface area contributed by atoms with Gasteiger partial charge in [-0.05, 0) is 6.07 Å². The van der Waals surface area contributed by atoms with E-state index in [-0.39, 0.29) is 12.5 Å². The van der Waals surface area contributed by atoms with Crippen molar-refractivity contribution in [3.8, 4) is 0 Å². The van der Waals surface area contributed by atoms with Crippen LogP contribution in [0.25, 0.3) is 10.1 Å². The number of fused-ring (bicyclic) bond motifs is 1. The van der Waals surface area contributed by atoms with Crippen LogP contribution in [0.1, 0.15) is 4.88 Å². The minimum Gasteiger partial charge on any atom is -0.383 e. The normalized spacial score (nSPS) is 10.9. The van der Waals surface area contributed by atoms with Crippen LogP contribution in [0.4, 0.5) is 0 Å². The summed E-state index contributed by atoms with van der Waals surface area (Å²) in [5.41, 5.74) is 0. The Balaban J connectivity index is 1.84. The Labute approximate surface area is 127 Å². The number of methoxy groups -OCH3 is 1. The molecule has 2 N–H and O–H groups in total. The number of thiophene rings is 1. The van der Waals surface area contributed by atoms with Gasteiger partial charge in [0.15, 0.2) is 0 Å². The summed E-state index contributed by atoms with van der Waals surface area (Å²) in [5.74, 6) is -0.0423. The molecule has 1 amide bonds. The molecule has 0 unspecified atom stereocenters. The number of hydrogen-bond donors (Lipinski definition) is 2. The van der Waals surface area contributed by atoms with Gasteiger partial charge in [-0.3, -0.25) is 4.79 Å². The van der Waals surface area contributed by atoms with Crippen LogP contribution in [0, 0.1) is 0 Å². The van der Waals surface area contributed by atoms with Crippen molar-refractivity contribution < 1.29 is 9.53 Å². The summed E-state index contributed by atoms with van der Waals surface area (Å²) >= 11 is 7.98. The van der Waals surface area contributed by atoms with Crippen LogP contribution in [0.5, 0.6) is 0 Å². The fourth-order valence-corrected chi connectivity index (χ4v) is 3.29. The molecule has 0 radical (unpaired) electrons. The molecule has 0 atom stereocenters. The smallest absolute Gasteiger partial charge is 0.234 e. The van der Waals surface area contributed by atoms with E-state index in [0.717, 1.165) is 15.3 Å². The van der Waals surface area contributed by atoms with Crippen LogP contribution < -0.4 is 10.6 Å². The molecule has 1 aromatic carbocycles. The highest BCUT2D eigenvalue weighted by molar-refractivity contribution is 7.19. The van der Waals surface area contributed by atoms with E-state index in [1.54, 1.807) is 18.4 Å². The predicted molar refractivity (Wildman–Crippen MR) is 83.4 cm³/mol. The summed E-state index contributed by atoms with van der Waals surface area (Å²) in [6.45, 7) is 1.92. The summed E-state index contributed by atoms with van der Waals surface area (Å²) < 4.78 is 6.03. The number of benzene rings is 1. The van der Waals surface area contributed by atoms with E-state index >= 15 is 0 Å². The molecule has 0 fully saturated rings. The highest BCUT2D eigenvalue weighted by Crippen LogP contribution is 2.34. The highest BCUT2D eigenvalue weighted by atomic mass is 35.5. The Kier molecular flexibility index (Phi) is 5.79. The molecule has 0 aliphatic heterocycles. The van der Waals surface area contributed by atoms with E-state index in [1.807, 2.05) is 24.3 Å². The Morgan fingerprint density at radius 2 is 2.20 bits per heavy atom. The average molecular weight is 313 g/mol. The number of hydrogen-bond acceptors (Lipinski definition) is 4. The topological polar surface area (TPSA) is 50.4 Å². The van der Waals surface area contributed by atoms with Gasteiger partial charge in [-0.25, -0.2) is 0 Å². The second-order valence-electron chi connectivity index (χ2n) is 4.28. The molecule has 0 spiro atoms. The van der Waals surface area contributed by atoms with Gasteiger partial charge < -0.3 is 15.4 Å². The lowest BCUT2D eigenvalue weighted by atomic mass is 10.2. The summed E-state index contributed by atoms with van der Waals surface area (Å²) in [6.07, 6.45) is 0. The van der Waals surface area contributed by atoms with Crippen molar-refractivity contribution >= 4 is 38.9 Å². The fraction of sp³-hybridized carbons (Fsp3) is 0.357. The molecule has 0 saturated carbocycles. The van der Waals surface area contributed by atoms with Crippen molar-refractivity contribution in [2.45, 2.75) is 6.54 Å². The monoisotopic (exact) mass is 312 g/mol. The lowest BCUT2D eigenvalue weighted by Crippen LogP contribution is -2.35. The Morgan fingerprint density at radius 1 is 1.40 bits per heavy atom. The Morgan fingerprint density at radius 3 is 2.95 bits per heavy atom. The Bertz CT molecular complexity index is 586. The first-order valence-corrected chi connectivity index (χ1v) is 7.54. The third-order valence-corrected chi connectivity index (χ3v) is 4.52. The van der Waals surface area contributed by atoms with Crippen molar-refractivity contribution in [3.63, 3.8) is 0 Å². The molecule has 1 heterocycles. The maximum atomic E-state index is 11.5. The van der Waals surface area contributed by atoms with Gasteiger partial charge in [0.25, 0.3) is 0 Å². The molecule has 108 valence electrons. The van der Waals surface area contributed by atoms with Gasteiger partial charge in [-0.1, -0.05) is 29.8 Å². The second-order valence-corrected chi connectivity index (χ2v) is 5.80. The number of halogens is 1. The molecule has 2 rings (SSSR count). The SMILES string of the molecule is COCCNC(=O)CNCc1sc2ccccc2c1Cl. The Hall–Kier alpha value is -1.14. The number of carbonyl (C=O) groups is 1. The van der Waals surface area contributed by atoms with Gasteiger partial charge in [-0.15, -0.1) is 11.3 Å². The molecule has 0 bridgehead atoms. The van der Waals surface area contributed by atoms with Crippen molar-refractivity contribution in [2.24, 2.45) is 0 Å². The van der Waals surface area contributed by atoms with Crippen LogP contribution in [0.3, 0.4) is 0 Å². The van der Waals surface area contributed by atoms with Crippen LogP contribution in [0.2, 0.25) is 5.02 Å². The summed E-state index contributed by atoms with van der Waals surface area (Å²) in [5, 5.41) is 7.70. The van der Waals surface area contributed by atoms with E-state index in [2.05, 4.69) is 10.6 Å². The van der Waals surface area contributed by atoms with E-state index in [4.69, 9.17) is 16.3 Å².